The van der Waals surface area contributed by atoms with Crippen molar-refractivity contribution in [1.82, 2.24) is 0 Å². The standard InChI is InChI=1S/C49H54O7Si/c1-49(2,3)57(4,5)56-46-30-41(52-32-36-18-10-6-11-19-36)29-45(54-34-38-22-14-8-15-23-38)42(46)31-43(50)48(51)40-26-27-44(53-33-37-20-12-7-13-21-37)47(28-40)55-35-39-24-16-9-17-25-39/h6-30,43,48,50-51H,31-35H2,1-5H3/t43-,48+/m1/s1. The Balaban J connectivity index is 1.32. The van der Waals surface area contributed by atoms with Gasteiger partial charge in [0.25, 0.3) is 0 Å². The molecule has 2 atom stereocenters. The first kappa shape index (κ1) is 41.1. The van der Waals surface area contributed by atoms with Crippen LogP contribution in [0.15, 0.2) is 152 Å². The number of aliphatic hydroxyl groups excluding tert-OH is 2. The van der Waals surface area contributed by atoms with Crippen LogP contribution in [0.4, 0.5) is 0 Å². The van der Waals surface area contributed by atoms with E-state index in [1.54, 1.807) is 18.2 Å². The molecular formula is C49H54O7Si. The van der Waals surface area contributed by atoms with Gasteiger partial charge >= 0.3 is 0 Å². The molecule has 0 fully saturated rings. The predicted octanol–water partition coefficient (Wildman–Crippen LogP) is 11.0. The topological polar surface area (TPSA) is 86.6 Å². The van der Waals surface area contributed by atoms with Crippen molar-refractivity contribution in [3.8, 4) is 28.7 Å². The summed E-state index contributed by atoms with van der Waals surface area (Å²) < 4.78 is 32.4. The number of aliphatic hydroxyl groups is 2. The van der Waals surface area contributed by atoms with Crippen LogP contribution in [0.3, 0.4) is 0 Å². The van der Waals surface area contributed by atoms with Gasteiger partial charge in [-0.05, 0) is 58.1 Å². The third kappa shape index (κ3) is 11.5. The summed E-state index contributed by atoms with van der Waals surface area (Å²) in [6.45, 7) is 12.2. The SMILES string of the molecule is CC(C)(C)[Si](C)(C)Oc1cc(OCc2ccccc2)cc(OCc2ccccc2)c1C[C@@H](O)[C@@H](O)c1ccc(OCc2ccccc2)c(OCc2ccccc2)c1. The maximum atomic E-state index is 11.9. The highest BCUT2D eigenvalue weighted by Gasteiger charge is 2.40. The molecule has 0 aliphatic heterocycles. The van der Waals surface area contributed by atoms with Gasteiger partial charge in [0, 0.05) is 24.1 Å². The molecule has 0 bridgehead atoms. The number of rotatable bonds is 18. The summed E-state index contributed by atoms with van der Waals surface area (Å²) in [7, 11) is -2.41. The molecule has 0 unspecified atom stereocenters. The van der Waals surface area contributed by atoms with Crippen molar-refractivity contribution < 1.29 is 33.6 Å². The molecule has 6 aromatic carbocycles. The maximum absolute atomic E-state index is 11.9. The van der Waals surface area contributed by atoms with Crippen molar-refractivity contribution in [2.45, 2.75) is 84.0 Å². The lowest BCUT2D eigenvalue weighted by molar-refractivity contribution is 0.0181. The van der Waals surface area contributed by atoms with Crippen molar-refractivity contribution in [3.63, 3.8) is 0 Å². The molecule has 6 rings (SSSR count). The number of benzene rings is 6. The van der Waals surface area contributed by atoms with E-state index in [1.807, 2.05) is 133 Å². The van der Waals surface area contributed by atoms with Crippen LogP contribution >= 0.6 is 0 Å². The second-order valence-corrected chi connectivity index (χ2v) is 20.5. The fourth-order valence-corrected chi connectivity index (χ4v) is 7.00. The van der Waals surface area contributed by atoms with Gasteiger partial charge in [0.15, 0.2) is 11.5 Å². The van der Waals surface area contributed by atoms with Crippen molar-refractivity contribution >= 4 is 8.32 Å². The van der Waals surface area contributed by atoms with Crippen molar-refractivity contribution in [3.05, 3.63) is 185 Å². The van der Waals surface area contributed by atoms with E-state index in [2.05, 4.69) is 33.9 Å². The van der Waals surface area contributed by atoms with E-state index >= 15 is 0 Å². The van der Waals surface area contributed by atoms with Gasteiger partial charge in [-0.3, -0.25) is 0 Å². The molecule has 0 aromatic heterocycles. The minimum atomic E-state index is -2.41. The van der Waals surface area contributed by atoms with E-state index in [0.29, 0.717) is 66.3 Å². The fraction of sp³-hybridized carbons (Fsp3) is 0.265. The molecule has 0 aliphatic rings. The molecule has 296 valence electrons. The average Bonchev–Trinajstić information content (AvgIpc) is 3.22. The van der Waals surface area contributed by atoms with Crippen LogP contribution in [0.1, 0.15) is 60.3 Å². The Morgan fingerprint density at radius 2 is 0.912 bits per heavy atom. The zero-order valence-electron chi connectivity index (χ0n) is 33.6. The van der Waals surface area contributed by atoms with E-state index in [-0.39, 0.29) is 11.5 Å². The van der Waals surface area contributed by atoms with Gasteiger partial charge in [0.1, 0.15) is 49.8 Å². The summed E-state index contributed by atoms with van der Waals surface area (Å²) in [6.07, 6.45) is -2.47. The molecule has 57 heavy (non-hydrogen) atoms. The lowest BCUT2D eigenvalue weighted by atomic mass is 9.97. The zero-order valence-corrected chi connectivity index (χ0v) is 34.6. The first-order valence-electron chi connectivity index (χ1n) is 19.5. The lowest BCUT2D eigenvalue weighted by Gasteiger charge is -2.37. The third-order valence-electron chi connectivity index (χ3n) is 10.4. The largest absolute Gasteiger partial charge is 0.543 e. The Kier molecular flexibility index (Phi) is 13.7. The first-order chi connectivity index (χ1) is 27.4. The predicted molar refractivity (Wildman–Crippen MR) is 228 cm³/mol. The van der Waals surface area contributed by atoms with Crippen molar-refractivity contribution in [1.29, 1.82) is 0 Å². The summed E-state index contributed by atoms with van der Waals surface area (Å²) in [5.74, 6) is 2.67. The second kappa shape index (κ2) is 19.1. The number of ether oxygens (including phenoxy) is 4. The van der Waals surface area contributed by atoms with Crippen LogP contribution in [-0.2, 0) is 32.8 Å². The molecular weight excluding hydrogens is 729 g/mol. The summed E-state index contributed by atoms with van der Waals surface area (Å²) in [5, 5.41) is 23.6. The third-order valence-corrected chi connectivity index (χ3v) is 14.7. The van der Waals surface area contributed by atoms with Gasteiger partial charge in [-0.1, -0.05) is 148 Å². The fourth-order valence-electron chi connectivity index (χ4n) is 5.96. The van der Waals surface area contributed by atoms with Gasteiger partial charge in [0.05, 0.1) is 6.10 Å². The highest BCUT2D eigenvalue weighted by atomic mass is 28.4. The minimum absolute atomic E-state index is 0.0423. The van der Waals surface area contributed by atoms with Gasteiger partial charge in [-0.15, -0.1) is 0 Å². The molecule has 0 radical (unpaired) electrons. The van der Waals surface area contributed by atoms with Crippen LogP contribution < -0.4 is 23.4 Å². The summed E-state index contributed by atoms with van der Waals surface area (Å²) in [4.78, 5) is 0. The van der Waals surface area contributed by atoms with Crippen LogP contribution in [0, 0.1) is 0 Å². The Morgan fingerprint density at radius 1 is 0.491 bits per heavy atom. The minimum Gasteiger partial charge on any atom is -0.543 e. The average molecular weight is 783 g/mol. The van der Waals surface area contributed by atoms with E-state index in [0.717, 1.165) is 22.3 Å². The maximum Gasteiger partial charge on any atom is 0.250 e. The molecule has 0 aliphatic carbocycles. The normalized spacial score (nSPS) is 12.7. The van der Waals surface area contributed by atoms with Crippen molar-refractivity contribution in [2.75, 3.05) is 0 Å². The second-order valence-electron chi connectivity index (χ2n) is 15.8. The molecule has 7 nitrogen and oxygen atoms in total. The number of hydrogen-bond acceptors (Lipinski definition) is 7. The lowest BCUT2D eigenvalue weighted by Crippen LogP contribution is -2.44. The Labute approximate surface area is 338 Å². The Hall–Kier alpha value is -5.54. The summed E-state index contributed by atoms with van der Waals surface area (Å²) in [6, 6.07) is 48.7. The molecule has 8 heteroatoms. The number of hydrogen-bond donors (Lipinski definition) is 2. The molecule has 0 saturated carbocycles. The molecule has 0 spiro atoms. The molecule has 0 amide bonds. The van der Waals surface area contributed by atoms with Gasteiger partial charge < -0.3 is 33.6 Å². The Morgan fingerprint density at radius 3 is 1.39 bits per heavy atom. The van der Waals surface area contributed by atoms with Crippen LogP contribution in [0.5, 0.6) is 28.7 Å². The first-order valence-corrected chi connectivity index (χ1v) is 22.4. The van der Waals surface area contributed by atoms with Gasteiger partial charge in [-0.25, -0.2) is 0 Å². The smallest absolute Gasteiger partial charge is 0.250 e. The molecule has 0 heterocycles. The molecule has 2 N–H and O–H groups in total. The van der Waals surface area contributed by atoms with Crippen LogP contribution in [0.2, 0.25) is 18.1 Å². The Bertz CT molecular complexity index is 2140. The quantitative estimate of drug-likeness (QED) is 0.0840. The summed E-state index contributed by atoms with van der Waals surface area (Å²) >= 11 is 0. The van der Waals surface area contributed by atoms with Crippen molar-refractivity contribution in [2.24, 2.45) is 0 Å². The van der Waals surface area contributed by atoms with Crippen LogP contribution in [-0.4, -0.2) is 24.6 Å². The monoisotopic (exact) mass is 782 g/mol. The van der Waals surface area contributed by atoms with Gasteiger partial charge in [0.2, 0.25) is 8.32 Å². The van der Waals surface area contributed by atoms with Gasteiger partial charge in [-0.2, -0.15) is 0 Å². The van der Waals surface area contributed by atoms with E-state index in [9.17, 15) is 10.2 Å². The zero-order chi connectivity index (χ0) is 40.3. The van der Waals surface area contributed by atoms with Crippen LogP contribution in [0.25, 0.3) is 0 Å². The summed E-state index contributed by atoms with van der Waals surface area (Å²) in [5.41, 5.74) is 5.16. The molecule has 6 aromatic rings. The highest BCUT2D eigenvalue weighted by molar-refractivity contribution is 6.74. The van der Waals surface area contributed by atoms with E-state index in [4.69, 9.17) is 23.4 Å². The van der Waals surface area contributed by atoms with E-state index in [1.165, 1.54) is 0 Å². The molecule has 0 saturated heterocycles. The highest BCUT2D eigenvalue weighted by Crippen LogP contribution is 2.43. The van der Waals surface area contributed by atoms with E-state index < -0.39 is 20.5 Å².